The van der Waals surface area contributed by atoms with Crippen molar-refractivity contribution in [2.24, 2.45) is 7.05 Å². The van der Waals surface area contributed by atoms with Crippen molar-refractivity contribution in [1.29, 1.82) is 0 Å². The molecule has 0 N–H and O–H groups in total. The Morgan fingerprint density at radius 1 is 1.53 bits per heavy atom. The molecule has 0 aliphatic heterocycles. The quantitative estimate of drug-likeness (QED) is 0.701. The summed E-state index contributed by atoms with van der Waals surface area (Å²) in [6.45, 7) is 3.90. The van der Waals surface area contributed by atoms with Crippen molar-refractivity contribution >= 4 is 16.7 Å². The molecule has 0 atom stereocenters. The van der Waals surface area contributed by atoms with Gasteiger partial charge in [0.2, 0.25) is 0 Å². The second kappa shape index (κ2) is 3.50. The summed E-state index contributed by atoms with van der Waals surface area (Å²) < 4.78 is 1.97. The van der Waals surface area contributed by atoms with Gasteiger partial charge in [-0.1, -0.05) is 6.92 Å². The highest BCUT2D eigenvalue weighted by Crippen LogP contribution is 2.22. The maximum absolute atomic E-state index is 11.7. The van der Waals surface area contributed by atoms with Crippen LogP contribution in [0.2, 0.25) is 0 Å². The standard InChI is InChI=1S/C12H14N2O/c1-4-10(15)11-12-9(5-6-13-11)8(2)7-14(12)3/h5-7H,4H2,1-3H3. The number of hydrogen-bond donors (Lipinski definition) is 0. The highest BCUT2D eigenvalue weighted by Gasteiger charge is 2.13. The molecule has 15 heavy (non-hydrogen) atoms. The van der Waals surface area contributed by atoms with Crippen molar-refractivity contribution in [2.45, 2.75) is 20.3 Å². The molecule has 0 aromatic carbocycles. The van der Waals surface area contributed by atoms with Crippen LogP contribution in [0.1, 0.15) is 29.4 Å². The third kappa shape index (κ3) is 1.44. The average Bonchev–Trinajstić information content (AvgIpc) is 2.54. The molecule has 2 rings (SSSR count). The number of fused-ring (bicyclic) bond motifs is 1. The van der Waals surface area contributed by atoms with Gasteiger partial charge >= 0.3 is 0 Å². The first-order chi connectivity index (χ1) is 7.15. The number of pyridine rings is 1. The number of carbonyl (C=O) groups is 1. The molecule has 3 heteroatoms. The van der Waals surface area contributed by atoms with Crippen LogP contribution in [0, 0.1) is 6.92 Å². The average molecular weight is 202 g/mol. The van der Waals surface area contributed by atoms with E-state index in [9.17, 15) is 4.79 Å². The van der Waals surface area contributed by atoms with Crippen LogP contribution in [0.5, 0.6) is 0 Å². The third-order valence-electron chi connectivity index (χ3n) is 2.67. The summed E-state index contributed by atoms with van der Waals surface area (Å²) in [6.07, 6.45) is 4.23. The van der Waals surface area contributed by atoms with Gasteiger partial charge in [-0.2, -0.15) is 0 Å². The van der Waals surface area contributed by atoms with E-state index in [1.165, 1.54) is 5.56 Å². The van der Waals surface area contributed by atoms with Crippen molar-refractivity contribution in [1.82, 2.24) is 9.55 Å². The first kappa shape index (κ1) is 9.90. The number of hydrogen-bond acceptors (Lipinski definition) is 2. The molecule has 0 saturated carbocycles. The highest BCUT2D eigenvalue weighted by molar-refractivity contribution is 6.05. The molecule has 0 fully saturated rings. The number of rotatable bonds is 2. The van der Waals surface area contributed by atoms with E-state index in [0.717, 1.165) is 10.9 Å². The van der Waals surface area contributed by atoms with Crippen molar-refractivity contribution in [3.05, 3.63) is 29.7 Å². The van der Waals surface area contributed by atoms with Crippen LogP contribution in [-0.2, 0) is 7.05 Å². The predicted molar refractivity (Wildman–Crippen MR) is 60.1 cm³/mol. The van der Waals surface area contributed by atoms with Crippen molar-refractivity contribution < 1.29 is 4.79 Å². The summed E-state index contributed by atoms with van der Waals surface area (Å²) in [5, 5.41) is 1.12. The summed E-state index contributed by atoms with van der Waals surface area (Å²) in [6, 6.07) is 1.96. The molecule has 0 radical (unpaired) electrons. The van der Waals surface area contributed by atoms with Crippen LogP contribution in [0.3, 0.4) is 0 Å². The maximum atomic E-state index is 11.7. The fraction of sp³-hybridized carbons (Fsp3) is 0.333. The first-order valence-corrected chi connectivity index (χ1v) is 5.09. The minimum Gasteiger partial charge on any atom is -0.348 e. The smallest absolute Gasteiger partial charge is 0.183 e. The van der Waals surface area contributed by atoms with Gasteiger partial charge in [0.15, 0.2) is 5.78 Å². The number of Topliss-reactive ketones (excluding diaryl/α,β-unsaturated/α-hetero) is 1. The fourth-order valence-electron chi connectivity index (χ4n) is 1.93. The molecule has 3 nitrogen and oxygen atoms in total. The van der Waals surface area contributed by atoms with Crippen molar-refractivity contribution in [3.8, 4) is 0 Å². The van der Waals surface area contributed by atoms with Gasteiger partial charge in [-0.25, -0.2) is 0 Å². The Morgan fingerprint density at radius 3 is 2.93 bits per heavy atom. The molecular formula is C12H14N2O. The molecule has 0 unspecified atom stereocenters. The number of aryl methyl sites for hydroxylation is 2. The number of nitrogens with zero attached hydrogens (tertiary/aromatic N) is 2. The largest absolute Gasteiger partial charge is 0.348 e. The summed E-state index contributed by atoms with van der Waals surface area (Å²) in [4.78, 5) is 15.9. The molecule has 78 valence electrons. The van der Waals surface area contributed by atoms with E-state index in [4.69, 9.17) is 0 Å². The molecule has 0 aliphatic rings. The zero-order chi connectivity index (χ0) is 11.0. The number of carbonyl (C=O) groups excluding carboxylic acids is 1. The van der Waals surface area contributed by atoms with Crippen LogP contribution in [0.25, 0.3) is 10.9 Å². The maximum Gasteiger partial charge on any atom is 0.183 e. The summed E-state index contributed by atoms with van der Waals surface area (Å²) in [5.74, 6) is 0.0989. The second-order valence-electron chi connectivity index (χ2n) is 3.76. The Morgan fingerprint density at radius 2 is 2.27 bits per heavy atom. The van der Waals surface area contributed by atoms with E-state index >= 15 is 0 Å². The van der Waals surface area contributed by atoms with Gasteiger partial charge in [0.05, 0.1) is 5.52 Å². The SMILES string of the molecule is CCC(=O)c1nccc2c(C)cn(C)c12. The third-order valence-corrected chi connectivity index (χ3v) is 2.67. The normalized spacial score (nSPS) is 10.9. The predicted octanol–water partition coefficient (Wildman–Crippen LogP) is 2.47. The van der Waals surface area contributed by atoms with Gasteiger partial charge in [0.25, 0.3) is 0 Å². The van der Waals surface area contributed by atoms with Gasteiger partial charge < -0.3 is 4.57 Å². The lowest BCUT2D eigenvalue weighted by Gasteiger charge is -2.02. The molecule has 2 aromatic rings. The Labute approximate surface area is 88.7 Å². The van der Waals surface area contributed by atoms with Crippen molar-refractivity contribution in [3.63, 3.8) is 0 Å². The van der Waals surface area contributed by atoms with Crippen LogP contribution in [0.15, 0.2) is 18.5 Å². The molecule has 2 heterocycles. The molecule has 0 aliphatic carbocycles. The van der Waals surface area contributed by atoms with E-state index in [0.29, 0.717) is 12.1 Å². The summed E-state index contributed by atoms with van der Waals surface area (Å²) >= 11 is 0. The Kier molecular flexibility index (Phi) is 2.31. The molecule has 2 aromatic heterocycles. The highest BCUT2D eigenvalue weighted by atomic mass is 16.1. The van der Waals surface area contributed by atoms with Crippen LogP contribution >= 0.6 is 0 Å². The number of ketones is 1. The molecule has 0 amide bonds. The Balaban J connectivity index is 2.80. The van der Waals surface area contributed by atoms with Crippen molar-refractivity contribution in [2.75, 3.05) is 0 Å². The van der Waals surface area contributed by atoms with E-state index in [1.807, 2.05) is 37.7 Å². The van der Waals surface area contributed by atoms with Gasteiger partial charge in [0, 0.05) is 31.2 Å². The van der Waals surface area contributed by atoms with Gasteiger partial charge in [0.1, 0.15) is 5.69 Å². The monoisotopic (exact) mass is 202 g/mol. The fourth-order valence-corrected chi connectivity index (χ4v) is 1.93. The van der Waals surface area contributed by atoms with Crippen LogP contribution in [-0.4, -0.2) is 15.3 Å². The van der Waals surface area contributed by atoms with E-state index in [1.54, 1.807) is 6.20 Å². The number of aromatic nitrogens is 2. The molecule has 0 spiro atoms. The Bertz CT molecular complexity index is 526. The zero-order valence-corrected chi connectivity index (χ0v) is 9.24. The minimum atomic E-state index is 0.0989. The zero-order valence-electron chi connectivity index (χ0n) is 9.24. The molecule has 0 bridgehead atoms. The topological polar surface area (TPSA) is 34.9 Å². The Hall–Kier alpha value is -1.64. The van der Waals surface area contributed by atoms with E-state index in [-0.39, 0.29) is 5.78 Å². The lowest BCUT2D eigenvalue weighted by molar-refractivity contribution is 0.0985. The summed E-state index contributed by atoms with van der Waals surface area (Å²) in [7, 11) is 1.95. The van der Waals surface area contributed by atoms with E-state index in [2.05, 4.69) is 4.98 Å². The first-order valence-electron chi connectivity index (χ1n) is 5.09. The lowest BCUT2D eigenvalue weighted by atomic mass is 10.1. The summed E-state index contributed by atoms with van der Waals surface area (Å²) in [5.41, 5.74) is 2.72. The van der Waals surface area contributed by atoms with E-state index < -0.39 is 0 Å². The molecular weight excluding hydrogens is 188 g/mol. The molecule has 0 saturated heterocycles. The van der Waals surface area contributed by atoms with Crippen LogP contribution < -0.4 is 0 Å². The lowest BCUT2D eigenvalue weighted by Crippen LogP contribution is -2.03. The van der Waals surface area contributed by atoms with Gasteiger partial charge in [-0.3, -0.25) is 9.78 Å². The van der Waals surface area contributed by atoms with Gasteiger partial charge in [-0.05, 0) is 18.6 Å². The minimum absolute atomic E-state index is 0.0989. The van der Waals surface area contributed by atoms with Gasteiger partial charge in [-0.15, -0.1) is 0 Å². The van der Waals surface area contributed by atoms with Crippen LogP contribution in [0.4, 0.5) is 0 Å². The second-order valence-corrected chi connectivity index (χ2v) is 3.76.